The molecule has 0 radical (unpaired) electrons. The molecular weight excluding hydrogens is 787 g/mol. The summed E-state index contributed by atoms with van der Waals surface area (Å²) in [6, 6.07) is 85.9. The predicted molar refractivity (Wildman–Crippen MR) is 273 cm³/mol. The number of para-hydroxylation sites is 2. The maximum atomic E-state index is 6.76. The van der Waals surface area contributed by atoms with Gasteiger partial charge >= 0.3 is 0 Å². The highest BCUT2D eigenvalue weighted by atomic mass is 16.3. The van der Waals surface area contributed by atoms with Gasteiger partial charge in [0.15, 0.2) is 0 Å². The first kappa shape index (κ1) is 38.5. The summed E-state index contributed by atoms with van der Waals surface area (Å²) in [5.41, 5.74) is 21.7. The molecule has 308 valence electrons. The molecule has 10 aromatic carbocycles. The van der Waals surface area contributed by atoms with Crippen molar-refractivity contribution in [3.63, 3.8) is 0 Å². The molecule has 11 aromatic rings. The van der Waals surface area contributed by atoms with Crippen LogP contribution in [-0.4, -0.2) is 0 Å². The molecule has 1 aliphatic rings. The number of rotatable bonds is 8. The monoisotopic (exact) mass is 831 g/mol. The zero-order valence-electron chi connectivity index (χ0n) is 36.4. The van der Waals surface area contributed by atoms with E-state index in [0.717, 1.165) is 66.8 Å². The first-order valence-electron chi connectivity index (χ1n) is 22.5. The van der Waals surface area contributed by atoms with Gasteiger partial charge in [-0.1, -0.05) is 202 Å². The van der Waals surface area contributed by atoms with Gasteiger partial charge in [-0.05, 0) is 115 Å². The molecule has 1 aromatic heterocycles. The molecular formula is C63H45NO. The van der Waals surface area contributed by atoms with E-state index < -0.39 is 0 Å². The first-order chi connectivity index (χ1) is 32.0. The summed E-state index contributed by atoms with van der Waals surface area (Å²) >= 11 is 0. The number of furan rings is 1. The molecule has 2 nitrogen and oxygen atoms in total. The van der Waals surface area contributed by atoms with Gasteiger partial charge in [-0.15, -0.1) is 0 Å². The Balaban J connectivity index is 1.09. The summed E-state index contributed by atoms with van der Waals surface area (Å²) in [5, 5.41) is 2.22. The van der Waals surface area contributed by atoms with Crippen molar-refractivity contribution < 1.29 is 4.42 Å². The summed E-state index contributed by atoms with van der Waals surface area (Å²) in [7, 11) is 0. The highest BCUT2D eigenvalue weighted by Gasteiger charge is 2.35. The predicted octanol–water partition coefficient (Wildman–Crippen LogP) is 17.7. The number of benzene rings is 10. The van der Waals surface area contributed by atoms with E-state index in [2.05, 4.69) is 249 Å². The van der Waals surface area contributed by atoms with Crippen LogP contribution in [0.15, 0.2) is 241 Å². The van der Waals surface area contributed by atoms with Crippen molar-refractivity contribution in [1.82, 2.24) is 0 Å². The van der Waals surface area contributed by atoms with Crippen LogP contribution in [0.1, 0.15) is 25.0 Å². The lowest BCUT2D eigenvalue weighted by molar-refractivity contribution is 0.660. The second kappa shape index (κ2) is 15.6. The zero-order valence-corrected chi connectivity index (χ0v) is 36.4. The van der Waals surface area contributed by atoms with Gasteiger partial charge in [0.2, 0.25) is 0 Å². The molecule has 0 aliphatic heterocycles. The molecule has 0 saturated carbocycles. The minimum Gasteiger partial charge on any atom is -0.455 e. The van der Waals surface area contributed by atoms with Crippen molar-refractivity contribution in [2.24, 2.45) is 0 Å². The van der Waals surface area contributed by atoms with E-state index in [1.54, 1.807) is 0 Å². The van der Waals surface area contributed by atoms with E-state index >= 15 is 0 Å². The zero-order chi connectivity index (χ0) is 43.5. The summed E-state index contributed by atoms with van der Waals surface area (Å²) in [6.07, 6.45) is 0. The maximum Gasteiger partial charge on any atom is 0.143 e. The van der Waals surface area contributed by atoms with Gasteiger partial charge in [0.25, 0.3) is 0 Å². The molecule has 1 heterocycles. The molecule has 2 heteroatoms. The normalized spacial score (nSPS) is 12.6. The van der Waals surface area contributed by atoms with Gasteiger partial charge in [0.05, 0.1) is 5.69 Å². The number of hydrogen-bond donors (Lipinski definition) is 0. The van der Waals surface area contributed by atoms with Crippen molar-refractivity contribution in [2.45, 2.75) is 19.3 Å². The molecule has 0 fully saturated rings. The first-order valence-corrected chi connectivity index (χ1v) is 22.5. The average Bonchev–Trinajstić information content (AvgIpc) is 3.86. The van der Waals surface area contributed by atoms with Crippen LogP contribution in [-0.2, 0) is 5.41 Å². The van der Waals surface area contributed by atoms with Gasteiger partial charge in [-0.3, -0.25) is 0 Å². The standard InChI is InChI=1S/C63H45NO/c1-63(2)57-30-11-9-25-51(57)52-38-35-47(41-58(52)63)46-22-14-24-50(40-46)64(49-36-33-44(34-37-49)42-17-5-3-6-18-42)59-31-16-27-54(56-29-15-28-55-53-26-10-12-32-60(53)65-62(55)56)61(59)48-23-13-21-45(39-48)43-19-7-4-8-20-43/h3-41H,1-2H3. The fraction of sp³-hybridized carbons (Fsp3) is 0.0476. The van der Waals surface area contributed by atoms with Crippen LogP contribution in [0.3, 0.4) is 0 Å². The van der Waals surface area contributed by atoms with Crippen LogP contribution >= 0.6 is 0 Å². The van der Waals surface area contributed by atoms with E-state index in [9.17, 15) is 0 Å². The van der Waals surface area contributed by atoms with Gasteiger partial charge in [-0.2, -0.15) is 0 Å². The quantitative estimate of drug-likeness (QED) is 0.152. The smallest absolute Gasteiger partial charge is 0.143 e. The van der Waals surface area contributed by atoms with Crippen molar-refractivity contribution in [3.8, 4) is 66.8 Å². The Labute approximate surface area is 380 Å². The van der Waals surface area contributed by atoms with E-state index in [1.807, 2.05) is 6.07 Å². The minimum absolute atomic E-state index is 0.0988. The minimum atomic E-state index is -0.0988. The molecule has 0 saturated heterocycles. The summed E-state index contributed by atoms with van der Waals surface area (Å²) < 4.78 is 6.76. The largest absolute Gasteiger partial charge is 0.455 e. The highest BCUT2D eigenvalue weighted by Crippen LogP contribution is 2.51. The molecule has 0 N–H and O–H groups in total. The van der Waals surface area contributed by atoms with Crippen LogP contribution < -0.4 is 4.90 Å². The molecule has 0 bridgehead atoms. The summed E-state index contributed by atoms with van der Waals surface area (Å²) in [4.78, 5) is 2.44. The lowest BCUT2D eigenvalue weighted by atomic mass is 9.81. The number of nitrogens with zero attached hydrogens (tertiary/aromatic N) is 1. The SMILES string of the molecule is CC1(C)c2ccccc2-c2ccc(-c3cccc(N(c4ccc(-c5ccccc5)cc4)c4cccc(-c5cccc6c5oc5ccccc56)c4-c4cccc(-c5ccccc5)c4)c3)cc21. The third-order valence-electron chi connectivity index (χ3n) is 13.5. The average molecular weight is 832 g/mol. The third-order valence-corrected chi connectivity index (χ3v) is 13.5. The Morgan fingerprint density at radius 1 is 0.338 bits per heavy atom. The van der Waals surface area contributed by atoms with Crippen LogP contribution in [0.5, 0.6) is 0 Å². The van der Waals surface area contributed by atoms with E-state index in [0.29, 0.717) is 0 Å². The van der Waals surface area contributed by atoms with E-state index in [-0.39, 0.29) is 5.41 Å². The fourth-order valence-corrected chi connectivity index (χ4v) is 10.3. The molecule has 0 spiro atoms. The third kappa shape index (κ3) is 6.57. The molecule has 0 atom stereocenters. The van der Waals surface area contributed by atoms with Crippen LogP contribution in [0.4, 0.5) is 17.1 Å². The summed E-state index contributed by atoms with van der Waals surface area (Å²) in [6.45, 7) is 4.71. The van der Waals surface area contributed by atoms with Crippen molar-refractivity contribution in [2.75, 3.05) is 4.90 Å². The Hall–Kier alpha value is -8.20. The van der Waals surface area contributed by atoms with Crippen LogP contribution in [0, 0.1) is 0 Å². The lowest BCUT2D eigenvalue weighted by Crippen LogP contribution is -2.15. The Bertz CT molecular complexity index is 3560. The highest BCUT2D eigenvalue weighted by molar-refractivity contribution is 6.11. The van der Waals surface area contributed by atoms with Crippen LogP contribution in [0.2, 0.25) is 0 Å². The second-order valence-corrected chi connectivity index (χ2v) is 17.7. The number of fused-ring (bicyclic) bond motifs is 6. The Morgan fingerprint density at radius 2 is 0.877 bits per heavy atom. The molecule has 0 amide bonds. The van der Waals surface area contributed by atoms with Gasteiger partial charge in [-0.25, -0.2) is 0 Å². The van der Waals surface area contributed by atoms with Gasteiger partial charge in [0, 0.05) is 38.7 Å². The number of hydrogen-bond acceptors (Lipinski definition) is 2. The van der Waals surface area contributed by atoms with E-state index in [1.165, 1.54) is 50.1 Å². The second-order valence-electron chi connectivity index (χ2n) is 17.7. The maximum absolute atomic E-state index is 6.76. The molecule has 12 rings (SSSR count). The molecule has 0 unspecified atom stereocenters. The fourth-order valence-electron chi connectivity index (χ4n) is 10.3. The van der Waals surface area contributed by atoms with E-state index in [4.69, 9.17) is 4.42 Å². The molecule has 1 aliphatic carbocycles. The van der Waals surface area contributed by atoms with Crippen molar-refractivity contribution >= 4 is 39.0 Å². The van der Waals surface area contributed by atoms with Crippen molar-refractivity contribution in [3.05, 3.63) is 248 Å². The van der Waals surface area contributed by atoms with Gasteiger partial charge < -0.3 is 9.32 Å². The lowest BCUT2D eigenvalue weighted by Gasteiger charge is -2.30. The summed E-state index contributed by atoms with van der Waals surface area (Å²) in [5.74, 6) is 0. The molecule has 65 heavy (non-hydrogen) atoms. The Kier molecular flexibility index (Phi) is 9.21. The Morgan fingerprint density at radius 3 is 1.69 bits per heavy atom. The van der Waals surface area contributed by atoms with Crippen molar-refractivity contribution in [1.29, 1.82) is 0 Å². The van der Waals surface area contributed by atoms with Gasteiger partial charge in [0.1, 0.15) is 11.2 Å². The topological polar surface area (TPSA) is 16.4 Å². The number of anilines is 3. The van der Waals surface area contributed by atoms with Crippen LogP contribution in [0.25, 0.3) is 88.7 Å².